The van der Waals surface area contributed by atoms with Gasteiger partial charge >= 0.3 is 0 Å². The molecular formula is C120H192N8O4. The third-order valence-electron chi connectivity index (χ3n) is 20.9. The van der Waals surface area contributed by atoms with Crippen LogP contribution < -0.4 is 21.3 Å². The Labute approximate surface area is 809 Å². The van der Waals surface area contributed by atoms with Gasteiger partial charge in [0.15, 0.2) is 0 Å². The van der Waals surface area contributed by atoms with Crippen LogP contribution in [0.3, 0.4) is 0 Å². The Morgan fingerprint density at radius 1 is 0.235 bits per heavy atom. The number of anilines is 1. The Hall–Kier alpha value is -8.32. The molecule has 0 saturated carbocycles. The van der Waals surface area contributed by atoms with Crippen LogP contribution in [0.4, 0.5) is 5.69 Å². The summed E-state index contributed by atoms with van der Waals surface area (Å²) in [6.07, 6.45) is 10.5. The number of benzene rings is 4. The molecule has 12 nitrogen and oxygen atoms in total. The first-order chi connectivity index (χ1) is 59.1. The molecule has 0 aliphatic carbocycles. The van der Waals surface area contributed by atoms with Gasteiger partial charge in [-0.3, -0.25) is 39.1 Å². The van der Waals surface area contributed by atoms with Crippen molar-refractivity contribution in [3.63, 3.8) is 0 Å². The van der Waals surface area contributed by atoms with Gasteiger partial charge in [-0.25, -0.2) is 0 Å². The number of nitrogens with one attached hydrogen (secondary N) is 4. The SMILES string of the molecule is CC(C)(C)CC(=O)CC(=O)Cc1ccc(C(C)(C)C)cc1.CC(C)(C)Cc1ccc(C(C)(C)C)cc1.CC(C)(C)Cc1ccc(C(C)(C)C)nc1.CC(C)(C)NC(=O)CC(=O)Nc1ccc(C(C)(C)C)nc1.CC(C)(C)NCc1ccc(C(C)(C)C)cc1.CC(C)(C)NCc1ccc(C(C)(C)C)nc1.CC(C)(C)c1ccc(C(C)(C)C)cc1.CC(C)(C)c1ccc(C(C)(C)C)nc1. The van der Waals surface area contributed by atoms with Crippen molar-refractivity contribution in [1.82, 2.24) is 35.9 Å². The lowest BCUT2D eigenvalue weighted by Crippen LogP contribution is -2.41. The Balaban J connectivity index is 0.000000758. The van der Waals surface area contributed by atoms with Gasteiger partial charge in [0.1, 0.15) is 18.0 Å². The lowest BCUT2D eigenvalue weighted by Gasteiger charge is -2.23. The van der Waals surface area contributed by atoms with Crippen molar-refractivity contribution in [1.29, 1.82) is 0 Å². The third kappa shape index (κ3) is 54.9. The van der Waals surface area contributed by atoms with E-state index in [0.717, 1.165) is 48.6 Å². The summed E-state index contributed by atoms with van der Waals surface area (Å²) in [5.41, 5.74) is 21.9. The van der Waals surface area contributed by atoms with E-state index in [4.69, 9.17) is 0 Å². The Morgan fingerprint density at radius 3 is 0.780 bits per heavy atom. The highest BCUT2D eigenvalue weighted by Gasteiger charge is 2.26. The summed E-state index contributed by atoms with van der Waals surface area (Å²) in [5, 5.41) is 12.4. The maximum atomic E-state index is 12.0. The number of carbonyl (C=O) groups excluding carboxylic acids is 4. The molecule has 0 unspecified atom stereocenters. The van der Waals surface area contributed by atoms with Gasteiger partial charge < -0.3 is 21.3 Å². The molecule has 0 radical (unpaired) electrons. The van der Waals surface area contributed by atoms with Gasteiger partial charge in [-0.1, -0.05) is 385 Å². The highest BCUT2D eigenvalue weighted by atomic mass is 16.2. The second-order valence-electron chi connectivity index (χ2n) is 53.5. The van der Waals surface area contributed by atoms with Crippen molar-refractivity contribution >= 4 is 29.1 Å². The quantitative estimate of drug-likeness (QED) is 0.0769. The second kappa shape index (κ2) is 49.4. The molecule has 4 N–H and O–H groups in total. The summed E-state index contributed by atoms with van der Waals surface area (Å²) in [6.45, 7) is 106. The Bertz CT molecular complexity index is 4320. The van der Waals surface area contributed by atoms with Crippen molar-refractivity contribution in [3.05, 3.63) is 254 Å². The first-order valence-corrected chi connectivity index (χ1v) is 48.5. The normalized spacial score (nSPS) is 12.7. The Kier molecular flexibility index (Phi) is 45.6. The smallest absolute Gasteiger partial charge is 0.233 e. The maximum Gasteiger partial charge on any atom is 0.233 e. The number of aromatic nitrogens is 4. The van der Waals surface area contributed by atoms with Crippen molar-refractivity contribution in [2.45, 2.75) is 455 Å². The first kappa shape index (κ1) is 122. The van der Waals surface area contributed by atoms with Crippen LogP contribution in [0.5, 0.6) is 0 Å². The molecule has 736 valence electrons. The van der Waals surface area contributed by atoms with E-state index in [1.807, 2.05) is 78.3 Å². The number of Topliss-reactive ketones (excluding diaryl/α,β-unsaturated/α-hetero) is 2. The minimum Gasteiger partial charge on any atom is -0.351 e. The van der Waals surface area contributed by atoms with Gasteiger partial charge in [-0.05, 0) is 215 Å². The summed E-state index contributed by atoms with van der Waals surface area (Å²) < 4.78 is 0. The number of hydrogen-bond acceptors (Lipinski definition) is 10. The van der Waals surface area contributed by atoms with E-state index in [1.54, 1.807) is 12.3 Å². The van der Waals surface area contributed by atoms with Gasteiger partial charge in [0.05, 0.1) is 18.3 Å². The zero-order valence-corrected chi connectivity index (χ0v) is 93.2. The van der Waals surface area contributed by atoms with Crippen LogP contribution in [-0.2, 0) is 106 Å². The molecule has 8 aromatic rings. The van der Waals surface area contributed by atoms with Gasteiger partial charge in [-0.15, -0.1) is 0 Å². The van der Waals surface area contributed by atoms with Crippen LogP contribution >= 0.6 is 0 Å². The van der Waals surface area contributed by atoms with E-state index in [-0.39, 0.29) is 112 Å². The van der Waals surface area contributed by atoms with E-state index >= 15 is 0 Å². The van der Waals surface area contributed by atoms with Crippen molar-refractivity contribution < 1.29 is 19.2 Å². The third-order valence-corrected chi connectivity index (χ3v) is 20.9. The highest BCUT2D eigenvalue weighted by molar-refractivity contribution is 6.03. The van der Waals surface area contributed by atoms with Crippen LogP contribution in [0.15, 0.2) is 170 Å². The van der Waals surface area contributed by atoms with Crippen molar-refractivity contribution in [3.8, 4) is 0 Å². The molecule has 0 aliphatic rings. The molecule has 8 rings (SSSR count). The lowest BCUT2D eigenvalue weighted by molar-refractivity contribution is -0.129. The maximum absolute atomic E-state index is 12.0. The van der Waals surface area contributed by atoms with Crippen LogP contribution in [0.25, 0.3) is 0 Å². The van der Waals surface area contributed by atoms with Crippen LogP contribution in [0.1, 0.15) is 436 Å². The zero-order chi connectivity index (χ0) is 103. The number of pyridine rings is 4. The topological polar surface area (TPSA) is 168 Å². The minimum atomic E-state index is -0.345. The van der Waals surface area contributed by atoms with E-state index in [1.165, 1.54) is 61.3 Å². The zero-order valence-electron chi connectivity index (χ0n) is 93.2. The minimum absolute atomic E-state index is 0.00718. The van der Waals surface area contributed by atoms with Crippen LogP contribution in [0.2, 0.25) is 0 Å². The fourth-order valence-electron chi connectivity index (χ4n) is 12.9. The molecule has 0 aliphatic heterocycles. The van der Waals surface area contributed by atoms with Crippen LogP contribution in [-0.4, -0.2) is 59.9 Å². The van der Waals surface area contributed by atoms with Gasteiger partial charge in [0.2, 0.25) is 11.8 Å². The number of nitrogens with zero attached hydrogens (tertiary/aromatic N) is 4. The predicted octanol–water partition coefficient (Wildman–Crippen LogP) is 30.8. The molecular weight excluding hydrogens is 1620 g/mol. The molecule has 4 aromatic carbocycles. The van der Waals surface area contributed by atoms with Gasteiger partial charge in [-0.2, -0.15) is 0 Å². The fourth-order valence-corrected chi connectivity index (χ4v) is 12.9. The highest BCUT2D eigenvalue weighted by Crippen LogP contribution is 2.33. The first-order valence-electron chi connectivity index (χ1n) is 48.5. The molecule has 0 atom stereocenters. The van der Waals surface area contributed by atoms with E-state index < -0.39 is 0 Å². The molecule has 4 heterocycles. The van der Waals surface area contributed by atoms with Gasteiger partial charge in [0, 0.05) is 106 Å². The van der Waals surface area contributed by atoms with E-state index in [9.17, 15) is 19.2 Å². The molecule has 12 heteroatoms. The number of hydrogen-bond donors (Lipinski definition) is 4. The van der Waals surface area contributed by atoms with E-state index in [0.29, 0.717) is 29.4 Å². The summed E-state index contributed by atoms with van der Waals surface area (Å²) >= 11 is 0. The number of carbonyl (C=O) groups is 4. The summed E-state index contributed by atoms with van der Waals surface area (Å²) in [6, 6.07) is 51.8. The van der Waals surface area contributed by atoms with Crippen molar-refractivity contribution in [2.75, 3.05) is 5.32 Å². The van der Waals surface area contributed by atoms with Crippen LogP contribution in [0, 0.1) is 16.2 Å². The molecule has 0 saturated heterocycles. The number of amides is 2. The second-order valence-corrected chi connectivity index (χ2v) is 53.5. The predicted molar refractivity (Wildman–Crippen MR) is 573 cm³/mol. The fraction of sp³-hybridized carbons (Fsp3) is 0.600. The summed E-state index contributed by atoms with van der Waals surface area (Å²) in [4.78, 5) is 65.1. The number of ketones is 2. The molecule has 2 amide bonds. The lowest BCUT2D eigenvalue weighted by atomic mass is 9.82. The average Bonchev–Trinajstić information content (AvgIpc) is 0.824. The molecule has 0 bridgehead atoms. The summed E-state index contributed by atoms with van der Waals surface area (Å²) in [7, 11) is 0. The standard InChI is InChI=1S/C19H28O2.C16H25N3O2.C15H25N.C15H24.C14H24N2.C14H23N.C14H22.C13H21N/c1-18(2,3)13-17(21)12-16(20)11-14-7-9-15(10-8-14)19(4,5)6;1-15(2,3)12-8-7-11(10-17-12)18-13(20)9-14(21)19-16(4,5)6;1-14(2,3)13-9-7-12(8-10-13)11-16-15(4,5)6;1-14(2,3)11-12-7-9-13(10-8-12)15(4,5)6;1-13(2,3)12-8-7-11(9-15-12)10-16-14(4,5)6;1-13(2,3)9-11-7-8-12(15-10-11)14(4,5)6;1-13(2,3)11-7-9-12(10-8-11)14(4,5)6;1-12(2,3)10-7-8-11(14-9-10)13(4,5)6/h7-10H,11-13H2,1-6H3;7-8,10H,9H2,1-6H3,(H,18,20)(H,19,21);7-10,16H,11H2,1-6H3;7-10H,11H2,1-6H3;7-9,16H,10H2,1-6H3;7-8,10H,9H2,1-6H3;7-10H,1-6H3;7-9H,1-6H3. The largest absolute Gasteiger partial charge is 0.351 e. The molecule has 0 spiro atoms. The van der Waals surface area contributed by atoms with E-state index in [2.05, 4.69) is 453 Å². The average molecular weight is 1810 g/mol. The molecule has 0 fully saturated rings. The molecule has 132 heavy (non-hydrogen) atoms. The summed E-state index contributed by atoms with van der Waals surface area (Å²) in [5.74, 6) is -0.590. The number of rotatable bonds is 14. The Morgan fingerprint density at radius 2 is 0.508 bits per heavy atom. The van der Waals surface area contributed by atoms with Crippen molar-refractivity contribution in [2.24, 2.45) is 16.2 Å². The van der Waals surface area contributed by atoms with Gasteiger partial charge in [0.25, 0.3) is 0 Å². The monoisotopic (exact) mass is 1810 g/mol. The molecule has 4 aromatic heterocycles.